The van der Waals surface area contributed by atoms with Gasteiger partial charge in [0.05, 0.1) is 0 Å². The molecule has 0 aromatic heterocycles. The van der Waals surface area contributed by atoms with Crippen LogP contribution in [0, 0.1) is 0 Å². The van der Waals surface area contributed by atoms with Crippen molar-refractivity contribution in [3.8, 4) is 0 Å². The van der Waals surface area contributed by atoms with Crippen LogP contribution in [0.25, 0.3) is 0 Å². The zero-order valence-electron chi connectivity index (χ0n) is 11.4. The average molecular weight is 283 g/mol. The minimum atomic E-state index is -3.53. The van der Waals surface area contributed by atoms with Gasteiger partial charge in [-0.3, -0.25) is 9.59 Å². The maximum absolute atomic E-state index is 12.0. The number of carbonyl (C=O) groups is 2. The SMILES string of the molecule is CC(=O)c1cccc(NC(=O)C(C)(C)S(C)(=O)=O)c1. The first-order valence-electron chi connectivity index (χ1n) is 5.68. The molecular formula is C13H17NO4S. The lowest BCUT2D eigenvalue weighted by Crippen LogP contribution is -2.43. The Bertz CT molecular complexity index is 617. The third kappa shape index (κ3) is 3.41. The van der Waals surface area contributed by atoms with E-state index in [0.29, 0.717) is 11.3 Å². The van der Waals surface area contributed by atoms with Crippen molar-refractivity contribution >= 4 is 27.2 Å². The monoisotopic (exact) mass is 283 g/mol. The fourth-order valence-electron chi connectivity index (χ4n) is 1.27. The van der Waals surface area contributed by atoms with Gasteiger partial charge in [-0.15, -0.1) is 0 Å². The normalized spacial score (nSPS) is 12.0. The van der Waals surface area contributed by atoms with Crippen LogP contribution in [-0.4, -0.2) is 31.1 Å². The van der Waals surface area contributed by atoms with Crippen molar-refractivity contribution in [2.45, 2.75) is 25.5 Å². The molecule has 0 atom stereocenters. The highest BCUT2D eigenvalue weighted by Gasteiger charge is 2.38. The van der Waals surface area contributed by atoms with Gasteiger partial charge in [0.15, 0.2) is 15.6 Å². The predicted molar refractivity (Wildman–Crippen MR) is 74.0 cm³/mol. The average Bonchev–Trinajstić information content (AvgIpc) is 2.27. The lowest BCUT2D eigenvalue weighted by molar-refractivity contribution is -0.117. The van der Waals surface area contributed by atoms with Crippen molar-refractivity contribution < 1.29 is 18.0 Å². The van der Waals surface area contributed by atoms with Crippen molar-refractivity contribution in [3.63, 3.8) is 0 Å². The van der Waals surface area contributed by atoms with Crippen LogP contribution in [-0.2, 0) is 14.6 Å². The molecule has 1 amide bonds. The first kappa shape index (κ1) is 15.4. The van der Waals surface area contributed by atoms with Gasteiger partial charge < -0.3 is 5.32 Å². The Morgan fingerprint density at radius 3 is 2.26 bits per heavy atom. The van der Waals surface area contributed by atoms with Crippen LogP contribution in [0.4, 0.5) is 5.69 Å². The van der Waals surface area contributed by atoms with E-state index in [9.17, 15) is 18.0 Å². The molecule has 0 aliphatic rings. The molecular weight excluding hydrogens is 266 g/mol. The molecule has 0 radical (unpaired) electrons. The summed E-state index contributed by atoms with van der Waals surface area (Å²) in [5.41, 5.74) is 0.851. The minimum absolute atomic E-state index is 0.126. The molecule has 5 nitrogen and oxygen atoms in total. The second kappa shape index (κ2) is 5.13. The van der Waals surface area contributed by atoms with Gasteiger partial charge in [0.1, 0.15) is 4.75 Å². The lowest BCUT2D eigenvalue weighted by atomic mass is 10.1. The van der Waals surface area contributed by atoms with E-state index in [-0.39, 0.29) is 5.78 Å². The maximum atomic E-state index is 12.0. The number of carbonyl (C=O) groups excluding carboxylic acids is 2. The van der Waals surface area contributed by atoms with Crippen LogP contribution in [0.15, 0.2) is 24.3 Å². The third-order valence-corrected chi connectivity index (χ3v) is 5.04. The van der Waals surface area contributed by atoms with E-state index < -0.39 is 20.5 Å². The molecule has 19 heavy (non-hydrogen) atoms. The summed E-state index contributed by atoms with van der Waals surface area (Å²) >= 11 is 0. The van der Waals surface area contributed by atoms with Gasteiger partial charge in [-0.1, -0.05) is 12.1 Å². The van der Waals surface area contributed by atoms with Crippen molar-refractivity contribution in [1.82, 2.24) is 0 Å². The standard InChI is InChI=1S/C13H17NO4S/c1-9(15)10-6-5-7-11(8-10)14-12(16)13(2,3)19(4,17)18/h5-8H,1-4H3,(H,14,16). The summed E-state index contributed by atoms with van der Waals surface area (Å²) in [5, 5.41) is 2.51. The van der Waals surface area contributed by atoms with Crippen molar-refractivity contribution in [1.29, 1.82) is 0 Å². The molecule has 104 valence electrons. The zero-order chi connectivity index (χ0) is 14.8. The highest BCUT2D eigenvalue weighted by molar-refractivity contribution is 7.92. The van der Waals surface area contributed by atoms with Gasteiger partial charge in [-0.25, -0.2) is 8.42 Å². The summed E-state index contributed by atoms with van der Waals surface area (Å²) in [7, 11) is -3.53. The molecule has 1 aromatic carbocycles. The molecule has 1 N–H and O–H groups in total. The molecule has 0 fully saturated rings. The highest BCUT2D eigenvalue weighted by atomic mass is 32.2. The van der Waals surface area contributed by atoms with Crippen molar-refractivity contribution in [3.05, 3.63) is 29.8 Å². The highest BCUT2D eigenvalue weighted by Crippen LogP contribution is 2.19. The predicted octanol–water partition coefficient (Wildman–Crippen LogP) is 1.65. The van der Waals surface area contributed by atoms with E-state index >= 15 is 0 Å². The van der Waals surface area contributed by atoms with Crippen LogP contribution in [0.2, 0.25) is 0 Å². The Balaban J connectivity index is 3.01. The summed E-state index contributed by atoms with van der Waals surface area (Å²) in [5.74, 6) is -0.755. The Kier molecular flexibility index (Phi) is 4.15. The third-order valence-electron chi connectivity index (χ3n) is 3.00. The molecule has 1 aromatic rings. The van der Waals surface area contributed by atoms with Gasteiger partial charge in [0.2, 0.25) is 5.91 Å². The molecule has 0 unspecified atom stereocenters. The van der Waals surface area contributed by atoms with Gasteiger partial charge in [0, 0.05) is 17.5 Å². The van der Waals surface area contributed by atoms with Crippen LogP contribution >= 0.6 is 0 Å². The molecule has 6 heteroatoms. The van der Waals surface area contributed by atoms with Crippen LogP contribution in [0.1, 0.15) is 31.1 Å². The molecule has 0 spiro atoms. The van der Waals surface area contributed by atoms with Crippen molar-refractivity contribution in [2.24, 2.45) is 0 Å². The molecule has 0 heterocycles. The molecule has 0 aliphatic carbocycles. The number of ketones is 1. The van der Waals surface area contributed by atoms with E-state index in [2.05, 4.69) is 5.32 Å². The van der Waals surface area contributed by atoms with E-state index in [4.69, 9.17) is 0 Å². The maximum Gasteiger partial charge on any atom is 0.245 e. The summed E-state index contributed by atoms with van der Waals surface area (Å²) in [6.07, 6.45) is 1.01. The summed E-state index contributed by atoms with van der Waals surface area (Å²) < 4.78 is 21.6. The number of anilines is 1. The second-order valence-corrected chi connectivity index (χ2v) is 7.44. The Labute approximate surface area is 112 Å². The number of nitrogens with one attached hydrogen (secondary N) is 1. The van der Waals surface area contributed by atoms with E-state index in [1.807, 2.05) is 0 Å². The summed E-state index contributed by atoms with van der Waals surface area (Å²) in [6, 6.07) is 6.36. The van der Waals surface area contributed by atoms with Crippen LogP contribution in [0.5, 0.6) is 0 Å². The number of hydrogen-bond acceptors (Lipinski definition) is 4. The van der Waals surface area contributed by atoms with Gasteiger partial charge in [-0.05, 0) is 32.9 Å². The Morgan fingerprint density at radius 2 is 1.79 bits per heavy atom. The molecule has 0 saturated carbocycles. The molecule has 1 rings (SSSR count). The lowest BCUT2D eigenvalue weighted by Gasteiger charge is -2.21. The molecule has 0 bridgehead atoms. The summed E-state index contributed by atoms with van der Waals surface area (Å²) in [4.78, 5) is 23.2. The van der Waals surface area contributed by atoms with E-state index in [1.54, 1.807) is 18.2 Å². The van der Waals surface area contributed by atoms with Gasteiger partial charge in [0.25, 0.3) is 0 Å². The van der Waals surface area contributed by atoms with Gasteiger partial charge >= 0.3 is 0 Å². The first-order valence-corrected chi connectivity index (χ1v) is 7.57. The fraction of sp³-hybridized carbons (Fsp3) is 0.385. The topological polar surface area (TPSA) is 80.3 Å². The van der Waals surface area contributed by atoms with Crippen LogP contribution in [0.3, 0.4) is 0 Å². The van der Waals surface area contributed by atoms with E-state index in [0.717, 1.165) is 6.26 Å². The van der Waals surface area contributed by atoms with Crippen molar-refractivity contribution in [2.75, 3.05) is 11.6 Å². The first-order chi connectivity index (χ1) is 8.55. The number of rotatable bonds is 4. The number of Topliss-reactive ketones (excluding diaryl/α,β-unsaturated/α-hetero) is 1. The quantitative estimate of drug-likeness (QED) is 0.852. The summed E-state index contributed by atoms with van der Waals surface area (Å²) in [6.45, 7) is 4.10. The minimum Gasteiger partial charge on any atom is -0.325 e. The largest absolute Gasteiger partial charge is 0.325 e. The zero-order valence-corrected chi connectivity index (χ0v) is 12.2. The number of hydrogen-bond donors (Lipinski definition) is 1. The number of amides is 1. The van der Waals surface area contributed by atoms with Gasteiger partial charge in [-0.2, -0.15) is 0 Å². The molecule has 0 aliphatic heterocycles. The van der Waals surface area contributed by atoms with E-state index in [1.165, 1.54) is 26.8 Å². The fourth-order valence-corrected chi connectivity index (χ4v) is 1.65. The number of benzene rings is 1. The second-order valence-electron chi connectivity index (χ2n) is 4.87. The smallest absolute Gasteiger partial charge is 0.245 e. The van der Waals surface area contributed by atoms with Crippen LogP contribution < -0.4 is 5.32 Å². The Hall–Kier alpha value is -1.69. The molecule has 0 saturated heterocycles. The number of sulfone groups is 1. The Morgan fingerprint density at radius 1 is 1.21 bits per heavy atom.